The van der Waals surface area contributed by atoms with Crippen LogP contribution in [0.15, 0.2) is 41.6 Å². The lowest BCUT2D eigenvalue weighted by molar-refractivity contribution is -0.151. The molecule has 1 aliphatic heterocycles. The molecular weight excluding hydrogens is 390 g/mol. The number of carbonyl (C=O) groups excluding carboxylic acids is 2. The number of anilines is 1. The summed E-state index contributed by atoms with van der Waals surface area (Å²) in [5.41, 5.74) is 1.24. The molecule has 1 N–H and O–H groups in total. The van der Waals surface area contributed by atoms with Crippen molar-refractivity contribution < 1.29 is 37.4 Å². The first-order chi connectivity index (χ1) is 13.9. The van der Waals surface area contributed by atoms with Gasteiger partial charge in [0.1, 0.15) is 0 Å². The Bertz CT molecular complexity index is 964. The predicted molar refractivity (Wildman–Crippen MR) is 96.7 cm³/mol. The molecular formula is C19H16F2N2O6. The molecule has 2 aromatic rings. The van der Waals surface area contributed by atoms with Gasteiger partial charge in [-0.2, -0.15) is 0 Å². The van der Waals surface area contributed by atoms with Crippen LogP contribution in [-0.4, -0.2) is 37.6 Å². The van der Waals surface area contributed by atoms with E-state index in [4.69, 9.17) is 19.0 Å². The maximum absolute atomic E-state index is 13.1. The van der Waals surface area contributed by atoms with Gasteiger partial charge in [0.15, 0.2) is 29.7 Å². The molecule has 0 aliphatic carbocycles. The lowest BCUT2D eigenvalue weighted by Crippen LogP contribution is -2.22. The van der Waals surface area contributed by atoms with Crippen LogP contribution in [0.3, 0.4) is 0 Å². The number of nitrogens with zero attached hydrogens (tertiary/aromatic N) is 1. The molecule has 0 bridgehead atoms. The number of fused-ring (bicyclic) bond motifs is 1. The number of oxime groups is 1. The first-order valence-corrected chi connectivity index (χ1v) is 8.39. The zero-order chi connectivity index (χ0) is 20.8. The van der Waals surface area contributed by atoms with E-state index in [-0.39, 0.29) is 12.5 Å². The summed E-state index contributed by atoms with van der Waals surface area (Å²) in [6.45, 7) is 0.700. The quantitative estimate of drug-likeness (QED) is 0.432. The van der Waals surface area contributed by atoms with Gasteiger partial charge in [-0.05, 0) is 37.3 Å². The van der Waals surface area contributed by atoms with Gasteiger partial charge < -0.3 is 24.4 Å². The van der Waals surface area contributed by atoms with Gasteiger partial charge in [0.05, 0.1) is 5.71 Å². The Labute approximate surface area is 164 Å². The lowest BCUT2D eigenvalue weighted by atomic mass is 10.1. The predicted octanol–water partition coefficient (Wildman–Crippen LogP) is 2.62. The van der Waals surface area contributed by atoms with Crippen molar-refractivity contribution in [2.24, 2.45) is 5.16 Å². The van der Waals surface area contributed by atoms with Crippen molar-refractivity contribution >= 4 is 23.3 Å². The van der Waals surface area contributed by atoms with Crippen molar-refractivity contribution in [3.05, 3.63) is 53.6 Å². The molecule has 1 amide bonds. The van der Waals surface area contributed by atoms with Crippen LogP contribution in [0, 0.1) is 11.6 Å². The highest BCUT2D eigenvalue weighted by atomic mass is 19.2. The summed E-state index contributed by atoms with van der Waals surface area (Å²) < 4.78 is 41.1. The topological polar surface area (TPSA) is 95.5 Å². The molecule has 8 nitrogen and oxygen atoms in total. The minimum atomic E-state index is -1.11. The Hall–Kier alpha value is -3.69. The third kappa shape index (κ3) is 5.41. The van der Waals surface area contributed by atoms with Crippen molar-refractivity contribution in [2.45, 2.75) is 6.92 Å². The van der Waals surface area contributed by atoms with Crippen molar-refractivity contribution in [3.8, 4) is 11.5 Å². The molecule has 0 unspecified atom stereocenters. The van der Waals surface area contributed by atoms with E-state index in [9.17, 15) is 18.4 Å². The van der Waals surface area contributed by atoms with E-state index in [0.717, 1.165) is 12.1 Å². The molecule has 0 spiro atoms. The third-order valence-electron chi connectivity index (χ3n) is 3.74. The normalized spacial score (nSPS) is 12.4. The molecule has 0 fully saturated rings. The zero-order valence-corrected chi connectivity index (χ0v) is 15.2. The van der Waals surface area contributed by atoms with Crippen molar-refractivity contribution in [1.29, 1.82) is 0 Å². The molecule has 0 saturated carbocycles. The minimum absolute atomic E-state index is 0.0325. The summed E-state index contributed by atoms with van der Waals surface area (Å²) in [4.78, 5) is 28.2. The van der Waals surface area contributed by atoms with Gasteiger partial charge in [0.2, 0.25) is 13.4 Å². The van der Waals surface area contributed by atoms with E-state index in [2.05, 4.69) is 10.5 Å². The standard InChI is InChI=1S/C19H16F2N2O6/c1-11(12-2-5-16-17(6-12)28-10-27-16)23-29-9-19(25)26-8-18(24)22-13-3-4-14(20)15(21)7-13/h2-7H,8-10H2,1H3,(H,22,24)/b23-11-. The third-order valence-corrected chi connectivity index (χ3v) is 3.74. The van der Waals surface area contributed by atoms with E-state index < -0.39 is 36.7 Å². The fourth-order valence-corrected chi connectivity index (χ4v) is 2.31. The number of carbonyl (C=O) groups is 2. The van der Waals surface area contributed by atoms with Gasteiger partial charge in [0, 0.05) is 17.3 Å². The van der Waals surface area contributed by atoms with E-state index in [1.165, 1.54) is 6.07 Å². The van der Waals surface area contributed by atoms with E-state index in [1.807, 2.05) is 0 Å². The summed E-state index contributed by atoms with van der Waals surface area (Å²) >= 11 is 0. The molecule has 3 rings (SSSR count). The highest BCUT2D eigenvalue weighted by molar-refractivity contribution is 5.99. The van der Waals surface area contributed by atoms with Crippen molar-refractivity contribution in [1.82, 2.24) is 0 Å². The largest absolute Gasteiger partial charge is 0.454 e. The number of hydrogen-bond acceptors (Lipinski definition) is 7. The van der Waals surface area contributed by atoms with Crippen LogP contribution in [0.2, 0.25) is 0 Å². The number of hydrogen-bond donors (Lipinski definition) is 1. The average molecular weight is 406 g/mol. The SMILES string of the molecule is C/C(=N/OCC(=O)OCC(=O)Nc1ccc(F)c(F)c1)c1ccc2c(c1)OCO2. The van der Waals surface area contributed by atoms with Crippen LogP contribution in [0.25, 0.3) is 0 Å². The Morgan fingerprint density at radius 3 is 2.66 bits per heavy atom. The first kappa shape index (κ1) is 20.1. The van der Waals surface area contributed by atoms with E-state index in [1.54, 1.807) is 25.1 Å². The molecule has 29 heavy (non-hydrogen) atoms. The van der Waals surface area contributed by atoms with Crippen molar-refractivity contribution in [3.63, 3.8) is 0 Å². The Kier molecular flexibility index (Phi) is 6.22. The van der Waals surface area contributed by atoms with Gasteiger partial charge in [-0.25, -0.2) is 13.6 Å². The molecule has 1 aliphatic rings. The van der Waals surface area contributed by atoms with Crippen LogP contribution < -0.4 is 14.8 Å². The number of amides is 1. The number of benzene rings is 2. The van der Waals surface area contributed by atoms with Gasteiger partial charge in [-0.3, -0.25) is 4.79 Å². The molecule has 10 heteroatoms. The summed E-state index contributed by atoms with van der Waals surface area (Å²) in [6.07, 6.45) is 0. The minimum Gasteiger partial charge on any atom is -0.454 e. The zero-order valence-electron chi connectivity index (χ0n) is 15.2. The second-order valence-corrected chi connectivity index (χ2v) is 5.86. The van der Waals surface area contributed by atoms with Gasteiger partial charge in [-0.1, -0.05) is 5.16 Å². The van der Waals surface area contributed by atoms with Crippen LogP contribution in [0.1, 0.15) is 12.5 Å². The van der Waals surface area contributed by atoms with Crippen molar-refractivity contribution in [2.75, 3.05) is 25.3 Å². The summed E-state index contributed by atoms with van der Waals surface area (Å²) in [5, 5.41) is 6.08. The highest BCUT2D eigenvalue weighted by Crippen LogP contribution is 2.32. The Morgan fingerprint density at radius 1 is 1.07 bits per heavy atom. The smallest absolute Gasteiger partial charge is 0.347 e. The fourth-order valence-electron chi connectivity index (χ4n) is 2.31. The second kappa shape index (κ2) is 9.00. The van der Waals surface area contributed by atoms with E-state index in [0.29, 0.717) is 22.8 Å². The number of esters is 1. The maximum Gasteiger partial charge on any atom is 0.347 e. The molecule has 0 radical (unpaired) electrons. The highest BCUT2D eigenvalue weighted by Gasteiger charge is 2.14. The summed E-state index contributed by atoms with van der Waals surface area (Å²) in [7, 11) is 0. The summed E-state index contributed by atoms with van der Waals surface area (Å²) in [6, 6.07) is 8.07. The molecule has 0 aromatic heterocycles. The number of ether oxygens (including phenoxy) is 3. The lowest BCUT2D eigenvalue weighted by Gasteiger charge is -2.07. The fraction of sp³-hybridized carbons (Fsp3) is 0.211. The maximum atomic E-state index is 13.1. The molecule has 0 saturated heterocycles. The van der Waals surface area contributed by atoms with Crippen LogP contribution in [-0.2, 0) is 19.2 Å². The van der Waals surface area contributed by atoms with E-state index >= 15 is 0 Å². The number of nitrogens with one attached hydrogen (secondary N) is 1. The Morgan fingerprint density at radius 2 is 1.86 bits per heavy atom. The molecule has 2 aromatic carbocycles. The second-order valence-electron chi connectivity index (χ2n) is 5.86. The van der Waals surface area contributed by atoms with Crippen LogP contribution in [0.5, 0.6) is 11.5 Å². The van der Waals surface area contributed by atoms with Gasteiger partial charge in [0.25, 0.3) is 5.91 Å². The molecule has 1 heterocycles. The number of rotatable bonds is 7. The first-order valence-electron chi connectivity index (χ1n) is 8.39. The molecule has 0 atom stereocenters. The van der Waals surface area contributed by atoms with Gasteiger partial charge in [-0.15, -0.1) is 0 Å². The summed E-state index contributed by atoms with van der Waals surface area (Å²) in [5.74, 6) is -2.47. The average Bonchev–Trinajstić information content (AvgIpc) is 3.17. The number of halogens is 2. The van der Waals surface area contributed by atoms with Crippen LogP contribution in [0.4, 0.5) is 14.5 Å². The van der Waals surface area contributed by atoms with Crippen LogP contribution >= 0.6 is 0 Å². The monoisotopic (exact) mass is 406 g/mol. The Balaban J connectivity index is 1.41. The van der Waals surface area contributed by atoms with Gasteiger partial charge >= 0.3 is 5.97 Å². The molecule has 152 valence electrons.